The van der Waals surface area contributed by atoms with Crippen LogP contribution in [0.2, 0.25) is 0 Å². The van der Waals surface area contributed by atoms with E-state index in [1.165, 1.54) is 0 Å². The predicted octanol–water partition coefficient (Wildman–Crippen LogP) is 4.39. The van der Waals surface area contributed by atoms with Gasteiger partial charge in [-0.3, -0.25) is 4.79 Å². The fourth-order valence-corrected chi connectivity index (χ4v) is 2.50. The average molecular weight is 337 g/mol. The van der Waals surface area contributed by atoms with Crippen molar-refractivity contribution in [1.82, 2.24) is 4.90 Å². The van der Waals surface area contributed by atoms with E-state index >= 15 is 0 Å². The molecule has 0 saturated carbocycles. The minimum atomic E-state index is -0.0300. The fourth-order valence-electron chi connectivity index (χ4n) is 2.50. The molecule has 132 valence electrons. The largest absolute Gasteiger partial charge is 0.339 e. The zero-order valence-corrected chi connectivity index (χ0v) is 15.6. The molecule has 1 amide bonds. The van der Waals surface area contributed by atoms with Crippen LogP contribution in [0.5, 0.6) is 0 Å². The van der Waals surface area contributed by atoms with E-state index < -0.39 is 0 Å². The van der Waals surface area contributed by atoms with Gasteiger partial charge in [0.15, 0.2) is 0 Å². The molecule has 1 atom stereocenters. The molecule has 0 radical (unpaired) electrons. The molecule has 0 aliphatic carbocycles. The SMILES string of the molecule is C=CC=C(C)C#Cc1ccc(C(=O)N(C)C(CC)CCC(C)=O)cc1. The van der Waals surface area contributed by atoms with Crippen LogP contribution in [0.3, 0.4) is 0 Å². The van der Waals surface area contributed by atoms with E-state index in [4.69, 9.17) is 0 Å². The number of carbonyl (C=O) groups excluding carboxylic acids is 2. The standard InChI is InChI=1S/C22H27NO2/c1-6-8-17(3)9-11-19-12-14-20(15-13-19)22(25)23(5)21(7-2)16-10-18(4)24/h6,8,12-15,21H,1,7,10,16H2,2-5H3. The first kappa shape index (κ1) is 20.4. The number of hydrogen-bond acceptors (Lipinski definition) is 2. The number of hydrogen-bond donors (Lipinski definition) is 0. The molecule has 3 heteroatoms. The van der Waals surface area contributed by atoms with Crippen molar-refractivity contribution < 1.29 is 9.59 Å². The van der Waals surface area contributed by atoms with Crippen molar-refractivity contribution in [2.75, 3.05) is 7.05 Å². The summed E-state index contributed by atoms with van der Waals surface area (Å²) < 4.78 is 0. The van der Waals surface area contributed by atoms with E-state index in [1.807, 2.05) is 32.1 Å². The van der Waals surface area contributed by atoms with Gasteiger partial charge in [0.25, 0.3) is 5.91 Å². The van der Waals surface area contributed by atoms with Gasteiger partial charge in [-0.2, -0.15) is 0 Å². The zero-order valence-electron chi connectivity index (χ0n) is 15.6. The molecule has 0 bridgehead atoms. The molecule has 0 aromatic heterocycles. The maximum atomic E-state index is 12.6. The fraction of sp³-hybridized carbons (Fsp3) is 0.364. The van der Waals surface area contributed by atoms with Crippen LogP contribution < -0.4 is 0 Å². The normalized spacial score (nSPS) is 11.9. The maximum absolute atomic E-state index is 12.6. The number of nitrogens with zero attached hydrogens (tertiary/aromatic N) is 1. The van der Waals surface area contributed by atoms with Gasteiger partial charge < -0.3 is 9.69 Å². The lowest BCUT2D eigenvalue weighted by atomic mass is 10.0. The predicted molar refractivity (Wildman–Crippen MR) is 103 cm³/mol. The molecule has 1 aromatic rings. The zero-order chi connectivity index (χ0) is 18.8. The Labute approximate surface area is 151 Å². The Morgan fingerprint density at radius 3 is 2.40 bits per heavy atom. The second-order valence-electron chi connectivity index (χ2n) is 6.13. The van der Waals surface area contributed by atoms with Crippen LogP contribution in [-0.2, 0) is 4.79 Å². The summed E-state index contributed by atoms with van der Waals surface area (Å²) in [6.45, 7) is 9.18. The number of carbonyl (C=O) groups is 2. The molecule has 1 aromatic carbocycles. The molecular weight excluding hydrogens is 310 g/mol. The van der Waals surface area contributed by atoms with Crippen molar-refractivity contribution in [1.29, 1.82) is 0 Å². The molecule has 1 unspecified atom stereocenters. The van der Waals surface area contributed by atoms with E-state index in [2.05, 4.69) is 18.4 Å². The van der Waals surface area contributed by atoms with Crippen LogP contribution >= 0.6 is 0 Å². The highest BCUT2D eigenvalue weighted by Gasteiger charge is 2.19. The summed E-state index contributed by atoms with van der Waals surface area (Å²) in [4.78, 5) is 25.6. The van der Waals surface area contributed by atoms with Crippen molar-refractivity contribution >= 4 is 11.7 Å². The molecule has 0 fully saturated rings. The Balaban J connectivity index is 2.83. The van der Waals surface area contributed by atoms with E-state index in [-0.39, 0.29) is 17.7 Å². The van der Waals surface area contributed by atoms with E-state index in [0.29, 0.717) is 18.4 Å². The third-order valence-electron chi connectivity index (χ3n) is 4.07. The first-order chi connectivity index (χ1) is 11.9. The number of allylic oxidation sites excluding steroid dienone is 3. The van der Waals surface area contributed by atoms with Gasteiger partial charge in [0.1, 0.15) is 5.78 Å². The molecule has 0 spiro atoms. The van der Waals surface area contributed by atoms with Gasteiger partial charge in [-0.15, -0.1) is 0 Å². The van der Waals surface area contributed by atoms with Gasteiger partial charge in [-0.1, -0.05) is 37.5 Å². The Morgan fingerprint density at radius 2 is 1.88 bits per heavy atom. The Morgan fingerprint density at radius 1 is 1.24 bits per heavy atom. The lowest BCUT2D eigenvalue weighted by molar-refractivity contribution is -0.117. The highest BCUT2D eigenvalue weighted by atomic mass is 16.2. The molecule has 0 saturated heterocycles. The van der Waals surface area contributed by atoms with Crippen molar-refractivity contribution in [3.8, 4) is 11.8 Å². The lowest BCUT2D eigenvalue weighted by Crippen LogP contribution is -2.37. The van der Waals surface area contributed by atoms with Crippen LogP contribution in [-0.4, -0.2) is 29.7 Å². The quantitative estimate of drug-likeness (QED) is 0.546. The molecule has 0 aliphatic rings. The Hall–Kier alpha value is -2.60. The summed E-state index contributed by atoms with van der Waals surface area (Å²) in [6, 6.07) is 7.38. The van der Waals surface area contributed by atoms with Crippen LogP contribution in [0.4, 0.5) is 0 Å². The van der Waals surface area contributed by atoms with Crippen LogP contribution in [0, 0.1) is 11.8 Å². The molecule has 0 N–H and O–H groups in total. The molecule has 25 heavy (non-hydrogen) atoms. The second kappa shape index (κ2) is 10.3. The first-order valence-electron chi connectivity index (χ1n) is 8.57. The van der Waals surface area contributed by atoms with Crippen molar-refractivity contribution in [3.05, 3.63) is 59.7 Å². The van der Waals surface area contributed by atoms with Gasteiger partial charge in [0.2, 0.25) is 0 Å². The summed E-state index contributed by atoms with van der Waals surface area (Å²) in [6.07, 6.45) is 5.59. The van der Waals surface area contributed by atoms with Gasteiger partial charge in [0.05, 0.1) is 0 Å². The highest BCUT2D eigenvalue weighted by Crippen LogP contribution is 2.14. The van der Waals surface area contributed by atoms with Crippen LogP contribution in [0.15, 0.2) is 48.6 Å². The number of amides is 1. The number of Topliss-reactive ketones (excluding diaryl/α,β-unsaturated/α-hetero) is 1. The molecule has 3 nitrogen and oxygen atoms in total. The second-order valence-corrected chi connectivity index (χ2v) is 6.13. The minimum Gasteiger partial charge on any atom is -0.339 e. The summed E-state index contributed by atoms with van der Waals surface area (Å²) in [5.41, 5.74) is 2.43. The topological polar surface area (TPSA) is 37.4 Å². The summed E-state index contributed by atoms with van der Waals surface area (Å²) in [5.74, 6) is 6.23. The minimum absolute atomic E-state index is 0.0300. The number of benzene rings is 1. The van der Waals surface area contributed by atoms with Gasteiger partial charge in [-0.25, -0.2) is 0 Å². The third kappa shape index (κ3) is 6.81. The molecule has 0 aliphatic heterocycles. The average Bonchev–Trinajstić information content (AvgIpc) is 2.60. The summed E-state index contributed by atoms with van der Waals surface area (Å²) >= 11 is 0. The van der Waals surface area contributed by atoms with Gasteiger partial charge in [-0.05, 0) is 56.5 Å². The maximum Gasteiger partial charge on any atom is 0.253 e. The lowest BCUT2D eigenvalue weighted by Gasteiger charge is -2.27. The Bertz CT molecular complexity index is 702. The van der Waals surface area contributed by atoms with E-state index in [0.717, 1.165) is 17.6 Å². The summed E-state index contributed by atoms with van der Waals surface area (Å²) in [7, 11) is 1.80. The van der Waals surface area contributed by atoms with Crippen LogP contribution in [0.1, 0.15) is 56.0 Å². The highest BCUT2D eigenvalue weighted by molar-refractivity contribution is 5.94. The molecule has 1 rings (SSSR count). The monoisotopic (exact) mass is 337 g/mol. The van der Waals surface area contributed by atoms with Crippen LogP contribution in [0.25, 0.3) is 0 Å². The number of rotatable bonds is 7. The molecule has 0 heterocycles. The Kier molecular flexibility index (Phi) is 8.43. The van der Waals surface area contributed by atoms with Gasteiger partial charge in [0, 0.05) is 30.6 Å². The smallest absolute Gasteiger partial charge is 0.253 e. The van der Waals surface area contributed by atoms with E-state index in [9.17, 15) is 9.59 Å². The van der Waals surface area contributed by atoms with E-state index in [1.54, 1.807) is 37.1 Å². The third-order valence-corrected chi connectivity index (χ3v) is 4.07. The van der Waals surface area contributed by atoms with Crippen molar-refractivity contribution in [2.24, 2.45) is 0 Å². The van der Waals surface area contributed by atoms with Crippen molar-refractivity contribution in [2.45, 2.75) is 46.1 Å². The molecular formula is C22H27NO2. The first-order valence-corrected chi connectivity index (χ1v) is 8.57. The van der Waals surface area contributed by atoms with Crippen molar-refractivity contribution in [3.63, 3.8) is 0 Å². The number of ketones is 1. The van der Waals surface area contributed by atoms with Gasteiger partial charge >= 0.3 is 0 Å². The summed E-state index contributed by atoms with van der Waals surface area (Å²) in [5, 5.41) is 0.